The number of hydrogen-bond donors (Lipinski definition) is 0. The van der Waals surface area contributed by atoms with Gasteiger partial charge in [0.1, 0.15) is 18.2 Å². The van der Waals surface area contributed by atoms with E-state index in [1.54, 1.807) is 36.5 Å². The van der Waals surface area contributed by atoms with Crippen molar-refractivity contribution >= 4 is 17.0 Å². The van der Waals surface area contributed by atoms with Gasteiger partial charge >= 0.3 is 5.97 Å². The number of carbonyl (C=O) groups is 1. The first-order valence-corrected chi connectivity index (χ1v) is 14.1. The minimum Gasteiger partial charge on any atom is -0.473 e. The Hall–Kier alpha value is -4.33. The van der Waals surface area contributed by atoms with Gasteiger partial charge in [-0.25, -0.2) is 19.2 Å². The Morgan fingerprint density at radius 1 is 1.19 bits per heavy atom. The second kappa shape index (κ2) is 13.6. The molecule has 0 spiro atoms. The maximum absolute atomic E-state index is 13.5. The fourth-order valence-electron chi connectivity index (χ4n) is 5.06. The van der Waals surface area contributed by atoms with Crippen molar-refractivity contribution in [3.05, 3.63) is 89.1 Å². The fourth-order valence-corrected chi connectivity index (χ4v) is 5.06. The number of imidazole rings is 1. The summed E-state index contributed by atoms with van der Waals surface area (Å²) < 4.78 is 31.5. The molecular formula is C32H34FN5O4. The summed E-state index contributed by atoms with van der Waals surface area (Å²) in [6.07, 6.45) is 4.18. The second-order valence-electron chi connectivity index (χ2n) is 10.6. The van der Waals surface area contributed by atoms with E-state index in [1.165, 1.54) is 25.7 Å². The maximum atomic E-state index is 13.5. The molecule has 2 saturated heterocycles. The number of methoxy groups -OCH3 is 1. The topological polar surface area (TPSA) is 102 Å². The molecule has 2 aliphatic rings. The molecule has 0 amide bonds. The van der Waals surface area contributed by atoms with Gasteiger partial charge in [-0.2, -0.15) is 5.26 Å². The average molecular weight is 572 g/mol. The van der Waals surface area contributed by atoms with Crippen LogP contribution in [0.3, 0.4) is 0 Å². The number of rotatable bonds is 8. The lowest BCUT2D eigenvalue weighted by Gasteiger charge is -2.28. The number of nitriles is 1. The smallest absolute Gasteiger partial charge is 0.337 e. The van der Waals surface area contributed by atoms with E-state index in [0.29, 0.717) is 22.6 Å². The molecular weight excluding hydrogens is 537 g/mol. The van der Waals surface area contributed by atoms with Crippen molar-refractivity contribution in [2.75, 3.05) is 26.8 Å². The molecule has 6 rings (SSSR count). The zero-order chi connectivity index (χ0) is 29.5. The normalized spacial score (nSPS) is 18.0. The molecule has 2 aromatic heterocycles. The maximum Gasteiger partial charge on any atom is 0.337 e. The number of benzene rings is 2. The molecule has 0 aliphatic carbocycles. The zero-order valence-electron chi connectivity index (χ0n) is 23.8. The molecule has 9 nitrogen and oxygen atoms in total. The van der Waals surface area contributed by atoms with Gasteiger partial charge in [-0.3, -0.25) is 4.90 Å². The summed E-state index contributed by atoms with van der Waals surface area (Å²) in [5.41, 5.74) is 3.17. The lowest BCUT2D eigenvalue weighted by atomic mass is 10.1. The number of halogens is 1. The molecule has 2 fully saturated rings. The Balaban J connectivity index is 0.000000181. The summed E-state index contributed by atoms with van der Waals surface area (Å²) in [6.45, 7) is 7.11. The lowest BCUT2D eigenvalue weighted by molar-refractivity contribution is -0.0591. The van der Waals surface area contributed by atoms with Gasteiger partial charge in [0.2, 0.25) is 5.88 Å². The molecule has 42 heavy (non-hydrogen) atoms. The van der Waals surface area contributed by atoms with Crippen LogP contribution in [-0.2, 0) is 29.2 Å². The average Bonchev–Trinajstić information content (AvgIpc) is 3.56. The highest BCUT2D eigenvalue weighted by Gasteiger charge is 2.25. The van der Waals surface area contributed by atoms with Crippen LogP contribution in [0.2, 0.25) is 0 Å². The molecule has 4 heterocycles. The Kier molecular flexibility index (Phi) is 9.41. The van der Waals surface area contributed by atoms with E-state index in [4.69, 9.17) is 24.5 Å². The molecule has 0 N–H and O–H groups in total. The van der Waals surface area contributed by atoms with Crippen LogP contribution in [0.1, 0.15) is 47.1 Å². The number of pyridine rings is 1. The third-order valence-electron chi connectivity index (χ3n) is 7.50. The van der Waals surface area contributed by atoms with E-state index in [9.17, 15) is 9.18 Å². The summed E-state index contributed by atoms with van der Waals surface area (Å²) in [6, 6.07) is 17.0. The van der Waals surface area contributed by atoms with E-state index in [2.05, 4.69) is 21.4 Å². The summed E-state index contributed by atoms with van der Waals surface area (Å²) in [5, 5.41) is 8.60. The third kappa shape index (κ3) is 7.11. The van der Waals surface area contributed by atoms with Crippen LogP contribution >= 0.6 is 0 Å². The molecule has 0 radical (unpaired) electrons. The van der Waals surface area contributed by atoms with Crippen LogP contribution in [0.15, 0.2) is 60.8 Å². The van der Waals surface area contributed by atoms with Gasteiger partial charge in [-0.1, -0.05) is 19.1 Å². The highest BCUT2D eigenvalue weighted by Crippen LogP contribution is 2.25. The van der Waals surface area contributed by atoms with Crippen molar-refractivity contribution in [2.24, 2.45) is 5.92 Å². The van der Waals surface area contributed by atoms with Crippen LogP contribution in [0.25, 0.3) is 11.0 Å². The first kappa shape index (κ1) is 29.2. The van der Waals surface area contributed by atoms with E-state index < -0.39 is 5.82 Å². The molecule has 4 aromatic rings. The highest BCUT2D eigenvalue weighted by molar-refractivity contribution is 5.93. The number of nitrogens with zero attached hydrogens (tertiary/aromatic N) is 5. The first-order valence-electron chi connectivity index (χ1n) is 14.1. The molecule has 2 aromatic carbocycles. The molecule has 2 atom stereocenters. The Morgan fingerprint density at radius 3 is 2.69 bits per heavy atom. The Morgan fingerprint density at radius 2 is 2.05 bits per heavy atom. The summed E-state index contributed by atoms with van der Waals surface area (Å²) >= 11 is 0. The molecule has 2 aliphatic heterocycles. The van der Waals surface area contributed by atoms with E-state index in [0.717, 1.165) is 62.0 Å². The molecule has 10 heteroatoms. The summed E-state index contributed by atoms with van der Waals surface area (Å²) in [5.74, 6) is 1.49. The van der Waals surface area contributed by atoms with Crippen LogP contribution < -0.4 is 4.74 Å². The Bertz CT molecular complexity index is 1560. The van der Waals surface area contributed by atoms with Crippen molar-refractivity contribution in [2.45, 2.75) is 45.6 Å². The van der Waals surface area contributed by atoms with Gasteiger partial charge in [0.15, 0.2) is 0 Å². The van der Waals surface area contributed by atoms with Crippen molar-refractivity contribution in [3.8, 4) is 11.9 Å². The van der Waals surface area contributed by atoms with Crippen LogP contribution in [0.5, 0.6) is 5.88 Å². The van der Waals surface area contributed by atoms with Gasteiger partial charge in [-0.15, -0.1) is 0 Å². The molecule has 218 valence electrons. The largest absolute Gasteiger partial charge is 0.473 e. The molecule has 0 bridgehead atoms. The van der Waals surface area contributed by atoms with Gasteiger partial charge in [-0.05, 0) is 61.7 Å². The van der Waals surface area contributed by atoms with Gasteiger partial charge in [0.05, 0.1) is 54.5 Å². The van der Waals surface area contributed by atoms with Crippen LogP contribution in [0.4, 0.5) is 4.39 Å². The summed E-state index contributed by atoms with van der Waals surface area (Å²) in [7, 11) is 1.41. The number of aromatic nitrogens is 3. The number of carbonyl (C=O) groups excluding carboxylic acids is 1. The quantitative estimate of drug-likeness (QED) is 0.269. The highest BCUT2D eigenvalue weighted by atomic mass is 19.1. The minimum atomic E-state index is -0.444. The number of hydrogen-bond acceptors (Lipinski definition) is 8. The minimum absolute atomic E-state index is 0.0918. The number of ether oxygens (including phenoxy) is 3. The number of likely N-dealkylation sites (tertiary alicyclic amines) is 1. The molecule has 0 saturated carbocycles. The third-order valence-corrected chi connectivity index (χ3v) is 7.50. The zero-order valence-corrected chi connectivity index (χ0v) is 23.8. The van der Waals surface area contributed by atoms with Gasteiger partial charge < -0.3 is 18.8 Å². The molecule has 2 unspecified atom stereocenters. The first-order chi connectivity index (χ1) is 20.4. The van der Waals surface area contributed by atoms with Crippen molar-refractivity contribution in [1.29, 1.82) is 5.26 Å². The lowest BCUT2D eigenvalue weighted by Crippen LogP contribution is -2.32. The number of esters is 1. The predicted molar refractivity (Wildman–Crippen MR) is 154 cm³/mol. The number of fused-ring (bicyclic) bond motifs is 1. The van der Waals surface area contributed by atoms with Crippen LogP contribution in [-0.4, -0.2) is 58.3 Å². The van der Waals surface area contributed by atoms with Gasteiger partial charge in [0, 0.05) is 31.0 Å². The van der Waals surface area contributed by atoms with Gasteiger partial charge in [0.25, 0.3) is 0 Å². The Labute approximate surface area is 244 Å². The van der Waals surface area contributed by atoms with E-state index in [1.807, 2.05) is 18.2 Å². The standard InChI is InChI=1S/C19H25N3O3.C13H9FN2O/c1-13-5-7-21(10-13)12-18-20-16-4-3-14(19(23)24-2)9-17(16)22(18)11-15-6-8-25-15;14-12-7-10(8-15)4-5-11(12)9-17-13-3-1-2-6-16-13/h3-4,9,13,15H,5-8,10-12H2,1-2H3;1-7H,9H2. The van der Waals surface area contributed by atoms with E-state index >= 15 is 0 Å². The van der Waals surface area contributed by atoms with Crippen molar-refractivity contribution in [3.63, 3.8) is 0 Å². The van der Waals surface area contributed by atoms with E-state index in [-0.39, 0.29) is 18.7 Å². The van der Waals surface area contributed by atoms with Crippen LogP contribution in [0, 0.1) is 23.1 Å². The second-order valence-corrected chi connectivity index (χ2v) is 10.6. The van der Waals surface area contributed by atoms with Crippen molar-refractivity contribution < 1.29 is 23.4 Å². The predicted octanol–water partition coefficient (Wildman–Crippen LogP) is 5.12. The monoisotopic (exact) mass is 571 g/mol. The van der Waals surface area contributed by atoms with Crippen molar-refractivity contribution in [1.82, 2.24) is 19.4 Å². The summed E-state index contributed by atoms with van der Waals surface area (Å²) in [4.78, 5) is 23.2. The SMILES string of the molecule is COC(=O)c1ccc2nc(CN3CCC(C)C3)n(CC3CCO3)c2c1.N#Cc1ccc(COc2ccccn2)c(F)c1. The fraction of sp³-hybridized carbons (Fsp3) is 0.375.